The quantitative estimate of drug-likeness (QED) is 0.606. The fourth-order valence-corrected chi connectivity index (χ4v) is 1.36. The van der Waals surface area contributed by atoms with Crippen molar-refractivity contribution in [1.29, 1.82) is 5.26 Å². The van der Waals surface area contributed by atoms with Crippen LogP contribution in [0.4, 0.5) is 14.5 Å². The van der Waals surface area contributed by atoms with Crippen molar-refractivity contribution in [2.24, 2.45) is 0 Å². The molecular weight excluding hydrogens is 246 g/mol. The normalized spacial score (nSPS) is 10.4. The summed E-state index contributed by atoms with van der Waals surface area (Å²) in [6.07, 6.45) is -3.11. The lowest BCUT2D eigenvalue weighted by molar-refractivity contribution is -0.386. The third-order valence-electron chi connectivity index (χ3n) is 1.72. The van der Waals surface area contributed by atoms with E-state index >= 15 is 0 Å². The van der Waals surface area contributed by atoms with Crippen LogP contribution in [0, 0.1) is 21.4 Å². The minimum atomic E-state index is -3.08. The Morgan fingerprint density at radius 3 is 2.69 bits per heavy atom. The number of nitro groups is 1. The number of aryl methyl sites for hydroxylation is 1. The van der Waals surface area contributed by atoms with E-state index in [1.165, 1.54) is 0 Å². The van der Waals surface area contributed by atoms with Crippen LogP contribution in [0.15, 0.2) is 0 Å². The number of rotatable bonds is 4. The molecule has 0 amide bonds. The lowest BCUT2D eigenvalue weighted by Crippen LogP contribution is -2.00. The fraction of sp³-hybridized carbons (Fsp3) is 0.429. The zero-order valence-electron chi connectivity index (χ0n) is 7.73. The van der Waals surface area contributed by atoms with Crippen LogP contribution in [0.3, 0.4) is 0 Å². The Kier molecular flexibility index (Phi) is 3.73. The van der Waals surface area contributed by atoms with Gasteiger partial charge in [0.25, 0.3) is 6.43 Å². The second-order valence-electron chi connectivity index (χ2n) is 2.71. The molecule has 0 radical (unpaired) electrons. The molecule has 1 aromatic heterocycles. The molecule has 86 valence electrons. The zero-order valence-corrected chi connectivity index (χ0v) is 8.49. The molecule has 0 aliphatic heterocycles. The van der Waals surface area contributed by atoms with Crippen LogP contribution in [0.5, 0.6) is 0 Å². The van der Waals surface area contributed by atoms with Crippen LogP contribution in [0.1, 0.15) is 18.5 Å². The molecule has 0 atom stereocenters. The Bertz CT molecular complexity index is 454. The zero-order chi connectivity index (χ0) is 12.3. The molecule has 0 fully saturated rings. The molecule has 0 aliphatic rings. The predicted octanol–water partition coefficient (Wildman–Crippen LogP) is 2.30. The first-order valence-corrected chi connectivity index (χ1v) is 4.42. The molecule has 9 heteroatoms. The second kappa shape index (κ2) is 4.85. The molecule has 0 N–H and O–H groups in total. The Morgan fingerprint density at radius 1 is 1.69 bits per heavy atom. The second-order valence-corrected chi connectivity index (χ2v) is 3.07. The van der Waals surface area contributed by atoms with Gasteiger partial charge in [-0.05, 0) is 0 Å². The standard InChI is InChI=1S/C7H5ClF2N4O2/c8-6-5(14(15)16)4(7(9)10)12-13(6)3-1-2-11/h7H,1,3H2. The lowest BCUT2D eigenvalue weighted by Gasteiger charge is -1.95. The van der Waals surface area contributed by atoms with Crippen molar-refractivity contribution in [2.75, 3.05) is 0 Å². The summed E-state index contributed by atoms with van der Waals surface area (Å²) in [5.74, 6) is 0. The Labute approximate surface area is 93.2 Å². The number of aromatic nitrogens is 2. The van der Waals surface area contributed by atoms with Crippen molar-refractivity contribution in [3.8, 4) is 6.07 Å². The van der Waals surface area contributed by atoms with Crippen molar-refractivity contribution in [3.63, 3.8) is 0 Å². The Balaban J connectivity index is 3.20. The molecule has 0 saturated carbocycles. The smallest absolute Gasteiger partial charge is 0.258 e. The van der Waals surface area contributed by atoms with Gasteiger partial charge in [-0.3, -0.25) is 10.1 Å². The molecule has 1 rings (SSSR count). The Hall–Kier alpha value is -1.75. The summed E-state index contributed by atoms with van der Waals surface area (Å²) in [5, 5.41) is 21.6. The van der Waals surface area contributed by atoms with Gasteiger partial charge in [0.05, 0.1) is 24.0 Å². The Morgan fingerprint density at radius 2 is 2.31 bits per heavy atom. The number of alkyl halides is 2. The molecule has 0 aromatic carbocycles. The fourth-order valence-electron chi connectivity index (χ4n) is 1.07. The van der Waals surface area contributed by atoms with Crippen LogP contribution in [0.2, 0.25) is 5.15 Å². The SMILES string of the molecule is N#CCCn1nc(C(F)F)c([N+](=O)[O-])c1Cl. The van der Waals surface area contributed by atoms with Gasteiger partial charge in [-0.15, -0.1) is 0 Å². The van der Waals surface area contributed by atoms with Gasteiger partial charge in [0, 0.05) is 0 Å². The molecular formula is C7H5ClF2N4O2. The highest BCUT2D eigenvalue weighted by molar-refractivity contribution is 6.31. The number of halogens is 3. The molecule has 0 bridgehead atoms. The highest BCUT2D eigenvalue weighted by Gasteiger charge is 2.31. The summed E-state index contributed by atoms with van der Waals surface area (Å²) in [6, 6.07) is 1.75. The van der Waals surface area contributed by atoms with Crippen molar-refractivity contribution >= 4 is 17.3 Å². The van der Waals surface area contributed by atoms with Gasteiger partial charge >= 0.3 is 5.69 Å². The van der Waals surface area contributed by atoms with E-state index < -0.39 is 27.9 Å². The van der Waals surface area contributed by atoms with Crippen LogP contribution >= 0.6 is 11.6 Å². The van der Waals surface area contributed by atoms with Gasteiger partial charge < -0.3 is 0 Å². The van der Waals surface area contributed by atoms with Gasteiger partial charge in [-0.1, -0.05) is 11.6 Å². The van der Waals surface area contributed by atoms with E-state index in [0.29, 0.717) is 0 Å². The maximum Gasteiger partial charge on any atom is 0.334 e. The highest BCUT2D eigenvalue weighted by Crippen LogP contribution is 2.34. The van der Waals surface area contributed by atoms with Gasteiger partial charge in [0.15, 0.2) is 0 Å². The first-order chi connectivity index (χ1) is 7.49. The van der Waals surface area contributed by atoms with E-state index in [4.69, 9.17) is 16.9 Å². The molecule has 0 spiro atoms. The van der Waals surface area contributed by atoms with Gasteiger partial charge in [-0.2, -0.15) is 10.4 Å². The van der Waals surface area contributed by atoms with Crippen molar-refractivity contribution in [2.45, 2.75) is 19.4 Å². The van der Waals surface area contributed by atoms with E-state index in [1.807, 2.05) is 0 Å². The third-order valence-corrected chi connectivity index (χ3v) is 2.09. The molecule has 0 unspecified atom stereocenters. The van der Waals surface area contributed by atoms with E-state index in [2.05, 4.69) is 5.10 Å². The third kappa shape index (κ3) is 2.25. The number of hydrogen-bond acceptors (Lipinski definition) is 4. The highest BCUT2D eigenvalue weighted by atomic mass is 35.5. The van der Waals surface area contributed by atoms with E-state index in [1.54, 1.807) is 6.07 Å². The summed E-state index contributed by atoms with van der Waals surface area (Å²) < 4.78 is 25.6. The predicted molar refractivity (Wildman–Crippen MR) is 49.1 cm³/mol. The minimum absolute atomic E-state index is 0.0266. The van der Waals surface area contributed by atoms with Crippen LogP contribution in [0.25, 0.3) is 0 Å². The van der Waals surface area contributed by atoms with Gasteiger partial charge in [-0.25, -0.2) is 13.5 Å². The van der Waals surface area contributed by atoms with E-state index in [9.17, 15) is 18.9 Å². The van der Waals surface area contributed by atoms with Crippen molar-refractivity contribution < 1.29 is 13.7 Å². The van der Waals surface area contributed by atoms with Crippen LogP contribution in [-0.4, -0.2) is 14.7 Å². The molecule has 6 nitrogen and oxygen atoms in total. The van der Waals surface area contributed by atoms with E-state index in [-0.39, 0.29) is 13.0 Å². The van der Waals surface area contributed by atoms with Crippen molar-refractivity contribution in [3.05, 3.63) is 21.0 Å². The number of nitrogens with zero attached hydrogens (tertiary/aromatic N) is 4. The molecule has 0 saturated heterocycles. The minimum Gasteiger partial charge on any atom is -0.258 e. The first-order valence-electron chi connectivity index (χ1n) is 4.04. The lowest BCUT2D eigenvalue weighted by atomic mass is 10.4. The van der Waals surface area contributed by atoms with E-state index in [0.717, 1.165) is 4.68 Å². The average Bonchev–Trinajstić information content (AvgIpc) is 2.53. The summed E-state index contributed by atoms with van der Waals surface area (Å²) in [6.45, 7) is -0.0666. The number of nitriles is 1. The molecule has 16 heavy (non-hydrogen) atoms. The molecule has 1 heterocycles. The van der Waals surface area contributed by atoms with Crippen LogP contribution in [-0.2, 0) is 6.54 Å². The van der Waals surface area contributed by atoms with Gasteiger partial charge in [0.2, 0.25) is 10.8 Å². The maximum absolute atomic E-state index is 12.4. The number of hydrogen-bond donors (Lipinski definition) is 0. The van der Waals surface area contributed by atoms with Gasteiger partial charge in [0.1, 0.15) is 0 Å². The maximum atomic E-state index is 12.4. The monoisotopic (exact) mass is 250 g/mol. The first kappa shape index (κ1) is 12.3. The summed E-state index contributed by atoms with van der Waals surface area (Å²) in [5.41, 5.74) is -1.89. The average molecular weight is 251 g/mol. The summed E-state index contributed by atoms with van der Waals surface area (Å²) in [7, 11) is 0. The summed E-state index contributed by atoms with van der Waals surface area (Å²) >= 11 is 5.52. The topological polar surface area (TPSA) is 84.8 Å². The largest absolute Gasteiger partial charge is 0.334 e. The molecule has 1 aromatic rings. The van der Waals surface area contributed by atoms with Crippen LogP contribution < -0.4 is 0 Å². The molecule has 0 aliphatic carbocycles. The van der Waals surface area contributed by atoms with Crippen molar-refractivity contribution in [1.82, 2.24) is 9.78 Å². The summed E-state index contributed by atoms with van der Waals surface area (Å²) in [4.78, 5) is 9.49.